The number of ether oxygens (including phenoxy) is 2. The van der Waals surface area contributed by atoms with Crippen molar-refractivity contribution >= 4 is 23.4 Å². The molecule has 0 radical (unpaired) electrons. The minimum Gasteiger partial charge on any atom is -0.451 e. The highest BCUT2D eigenvalue weighted by molar-refractivity contribution is 6.31. The summed E-state index contributed by atoms with van der Waals surface area (Å²) in [5.41, 5.74) is 0.639. The van der Waals surface area contributed by atoms with Crippen molar-refractivity contribution < 1.29 is 19.1 Å². The summed E-state index contributed by atoms with van der Waals surface area (Å²) in [7, 11) is 0. The number of benzene rings is 2. The second kappa shape index (κ2) is 14.8. The molecule has 1 unspecified atom stereocenters. The monoisotopic (exact) mass is 683 g/mol. The van der Waals surface area contributed by atoms with Gasteiger partial charge in [-0.25, -0.2) is 5.10 Å². The van der Waals surface area contributed by atoms with E-state index in [9.17, 15) is 19.6 Å². The number of allylic oxidation sites excluding steroid dienone is 3. The number of nitriles is 1. The third-order valence-corrected chi connectivity index (χ3v) is 9.61. The zero-order valence-corrected chi connectivity index (χ0v) is 29.2. The number of likely N-dealkylation sites (tertiary alicyclic amines) is 1. The third-order valence-electron chi connectivity index (χ3n) is 9.38. The zero-order valence-electron chi connectivity index (χ0n) is 28.5. The molecule has 2 aliphatic rings. The lowest BCUT2D eigenvalue weighted by Gasteiger charge is -2.44. The molecule has 0 saturated carbocycles. The Morgan fingerprint density at radius 3 is 2.61 bits per heavy atom. The number of aryl methyl sites for hydroxylation is 2. The molecule has 1 aliphatic heterocycles. The van der Waals surface area contributed by atoms with E-state index in [4.69, 9.17) is 21.1 Å². The lowest BCUT2D eigenvalue weighted by molar-refractivity contribution is -0.141. The minimum absolute atomic E-state index is 0.0834. The fourth-order valence-corrected chi connectivity index (χ4v) is 7.01. The quantitative estimate of drug-likeness (QED) is 0.236. The van der Waals surface area contributed by atoms with Gasteiger partial charge in [0.1, 0.15) is 11.8 Å². The Labute approximate surface area is 291 Å². The Bertz CT molecular complexity index is 1860. The standard InChI is InChI=1S/C38H42ClN5O5/c1-24-18-27(13-14-30(24)49-31-19-25(2)42-43-35(31)46)34(45)41-29(22-48-21-26-10-7-6-8-11-26)36(47)44-32(37(3,4)23-40)15-16-33(44)38(5)17-9-12-28(39)20-38/h6-14,18-20,29,32-33H,15-17,21-22H2,1-5H3,(H,41,45)(H,43,46)/t29-,32-,33+,38?/m1/s1. The fourth-order valence-electron chi connectivity index (χ4n) is 6.67. The van der Waals surface area contributed by atoms with Gasteiger partial charge in [0.05, 0.1) is 36.4 Å². The van der Waals surface area contributed by atoms with Crippen molar-refractivity contribution in [3.63, 3.8) is 0 Å². The van der Waals surface area contributed by atoms with Gasteiger partial charge in [-0.3, -0.25) is 14.4 Å². The van der Waals surface area contributed by atoms with Crippen LogP contribution in [0.5, 0.6) is 11.5 Å². The molecular weight excluding hydrogens is 642 g/mol. The van der Waals surface area contributed by atoms with E-state index >= 15 is 0 Å². The van der Waals surface area contributed by atoms with Crippen LogP contribution in [0.25, 0.3) is 0 Å². The molecule has 11 heteroatoms. The molecule has 1 fully saturated rings. The fraction of sp³-hybridized carbons (Fsp3) is 0.395. The van der Waals surface area contributed by atoms with Crippen LogP contribution in [-0.2, 0) is 16.1 Å². The molecule has 0 bridgehead atoms. The number of carbonyl (C=O) groups is 2. The van der Waals surface area contributed by atoms with Gasteiger partial charge in [-0.15, -0.1) is 0 Å². The molecule has 4 atom stereocenters. The van der Waals surface area contributed by atoms with Gasteiger partial charge in [0.15, 0.2) is 5.75 Å². The Balaban J connectivity index is 1.44. The molecule has 256 valence electrons. The first-order valence-electron chi connectivity index (χ1n) is 16.4. The molecule has 0 spiro atoms. The van der Waals surface area contributed by atoms with Crippen molar-refractivity contribution in [2.45, 2.75) is 78.6 Å². The number of aromatic nitrogens is 2. The number of hydrogen-bond donors (Lipinski definition) is 2. The highest BCUT2D eigenvalue weighted by atomic mass is 35.5. The Morgan fingerprint density at radius 2 is 1.92 bits per heavy atom. The van der Waals surface area contributed by atoms with E-state index in [1.54, 1.807) is 32.0 Å². The van der Waals surface area contributed by atoms with Crippen molar-refractivity contribution in [1.29, 1.82) is 5.26 Å². The van der Waals surface area contributed by atoms with Crippen LogP contribution >= 0.6 is 11.6 Å². The van der Waals surface area contributed by atoms with Gasteiger partial charge in [-0.1, -0.05) is 61.0 Å². The molecule has 3 aromatic rings. The van der Waals surface area contributed by atoms with Crippen molar-refractivity contribution in [1.82, 2.24) is 20.4 Å². The van der Waals surface area contributed by atoms with Crippen LogP contribution in [0.4, 0.5) is 0 Å². The topological polar surface area (TPSA) is 137 Å². The van der Waals surface area contributed by atoms with E-state index in [1.807, 2.05) is 67.3 Å². The van der Waals surface area contributed by atoms with Gasteiger partial charge in [0.2, 0.25) is 5.91 Å². The summed E-state index contributed by atoms with van der Waals surface area (Å²) in [5, 5.41) is 20.0. The highest BCUT2D eigenvalue weighted by Gasteiger charge is 2.52. The van der Waals surface area contributed by atoms with Crippen molar-refractivity contribution in [3.8, 4) is 17.6 Å². The van der Waals surface area contributed by atoms with E-state index in [-0.39, 0.29) is 30.9 Å². The first-order valence-corrected chi connectivity index (χ1v) is 16.7. The first-order chi connectivity index (χ1) is 23.3. The van der Waals surface area contributed by atoms with E-state index in [2.05, 4.69) is 28.5 Å². The van der Waals surface area contributed by atoms with Crippen LogP contribution in [-0.4, -0.2) is 51.6 Å². The van der Waals surface area contributed by atoms with Crippen LogP contribution in [0, 0.1) is 36.0 Å². The van der Waals surface area contributed by atoms with Crippen LogP contribution in [0.15, 0.2) is 82.7 Å². The molecule has 1 aliphatic carbocycles. The molecule has 10 nitrogen and oxygen atoms in total. The van der Waals surface area contributed by atoms with E-state index in [0.717, 1.165) is 5.56 Å². The lowest BCUT2D eigenvalue weighted by atomic mass is 9.75. The molecular formula is C38H42ClN5O5. The van der Waals surface area contributed by atoms with Gasteiger partial charge >= 0.3 is 5.56 Å². The Morgan fingerprint density at radius 1 is 1.16 bits per heavy atom. The number of halogens is 1. The third kappa shape index (κ3) is 8.12. The number of carbonyl (C=O) groups excluding carboxylic acids is 2. The highest BCUT2D eigenvalue weighted by Crippen LogP contribution is 2.47. The second-order valence-corrected chi connectivity index (χ2v) is 14.1. The molecule has 2 heterocycles. The lowest BCUT2D eigenvalue weighted by Crippen LogP contribution is -2.59. The van der Waals surface area contributed by atoms with E-state index in [0.29, 0.717) is 46.9 Å². The molecule has 49 heavy (non-hydrogen) atoms. The maximum Gasteiger partial charge on any atom is 0.307 e. The number of hydrogen-bond acceptors (Lipinski definition) is 7. The number of amides is 2. The summed E-state index contributed by atoms with van der Waals surface area (Å²) in [4.78, 5) is 42.6. The Kier molecular flexibility index (Phi) is 10.8. The summed E-state index contributed by atoms with van der Waals surface area (Å²) in [6.07, 6.45) is 7.85. The normalized spacial score (nSPS) is 21.1. The van der Waals surface area contributed by atoms with Crippen molar-refractivity contribution in [2.24, 2.45) is 10.8 Å². The van der Waals surface area contributed by atoms with E-state index in [1.165, 1.54) is 6.07 Å². The molecule has 2 N–H and O–H groups in total. The average Bonchev–Trinajstić information content (AvgIpc) is 3.54. The van der Waals surface area contributed by atoms with Crippen LogP contribution < -0.4 is 15.6 Å². The number of rotatable bonds is 11. The maximum atomic E-state index is 14.8. The number of nitrogens with zero attached hydrogens (tertiary/aromatic N) is 3. The molecule has 5 rings (SSSR count). The summed E-state index contributed by atoms with van der Waals surface area (Å²) in [6, 6.07) is 16.7. The van der Waals surface area contributed by atoms with Gasteiger partial charge in [0, 0.05) is 28.1 Å². The number of aromatic amines is 1. The van der Waals surface area contributed by atoms with E-state index < -0.39 is 34.4 Å². The summed E-state index contributed by atoms with van der Waals surface area (Å²) >= 11 is 6.48. The largest absolute Gasteiger partial charge is 0.451 e. The van der Waals surface area contributed by atoms with Crippen molar-refractivity contribution in [3.05, 3.63) is 111 Å². The summed E-state index contributed by atoms with van der Waals surface area (Å²) < 4.78 is 11.9. The minimum atomic E-state index is -1.05. The Hall–Kier alpha value is -4.72. The molecule has 1 saturated heterocycles. The van der Waals surface area contributed by atoms with Crippen molar-refractivity contribution in [2.75, 3.05) is 6.61 Å². The predicted molar refractivity (Wildman–Crippen MR) is 187 cm³/mol. The smallest absolute Gasteiger partial charge is 0.307 e. The summed E-state index contributed by atoms with van der Waals surface area (Å²) in [6.45, 7) is 9.44. The van der Waals surface area contributed by atoms with Gasteiger partial charge in [-0.05, 0) is 82.4 Å². The number of nitrogens with one attached hydrogen (secondary N) is 2. The predicted octanol–water partition coefficient (Wildman–Crippen LogP) is 6.49. The summed E-state index contributed by atoms with van der Waals surface area (Å²) in [5.74, 6) is -0.311. The average molecular weight is 684 g/mol. The van der Waals surface area contributed by atoms with Crippen LogP contribution in [0.3, 0.4) is 0 Å². The molecule has 2 amide bonds. The van der Waals surface area contributed by atoms with Gasteiger partial charge < -0.3 is 19.7 Å². The molecule has 2 aromatic carbocycles. The number of H-pyrrole nitrogens is 1. The van der Waals surface area contributed by atoms with Gasteiger partial charge in [-0.2, -0.15) is 10.4 Å². The van der Waals surface area contributed by atoms with Crippen LogP contribution in [0.1, 0.15) is 67.2 Å². The maximum absolute atomic E-state index is 14.8. The second-order valence-electron chi connectivity index (χ2n) is 13.6. The zero-order chi connectivity index (χ0) is 35.3. The SMILES string of the molecule is Cc1cc(Oc2ccc(C(=O)N[C@H](COCc3ccccc3)C(=O)N3[C@H](C4(C)C=C(Cl)C=CC4)CC[C@@H]3C(C)(C)C#N)cc2C)c(=O)[nH]n1. The first kappa shape index (κ1) is 35.6. The van der Waals surface area contributed by atoms with Crippen LogP contribution in [0.2, 0.25) is 0 Å². The van der Waals surface area contributed by atoms with Gasteiger partial charge in [0.25, 0.3) is 5.91 Å². The molecule has 1 aromatic heterocycles.